The molecule has 0 aliphatic carbocycles. The van der Waals surface area contributed by atoms with Crippen LogP contribution in [0.1, 0.15) is 39.3 Å². The van der Waals surface area contributed by atoms with Gasteiger partial charge >= 0.3 is 12.0 Å². The average Bonchev–Trinajstić information content (AvgIpc) is 2.53. The first-order valence-electron chi connectivity index (χ1n) is 8.14. The lowest BCUT2D eigenvalue weighted by molar-refractivity contribution is 0.0192. The van der Waals surface area contributed by atoms with Gasteiger partial charge in [0.1, 0.15) is 11.3 Å². The monoisotopic (exact) mass is 338 g/mol. The second-order valence-corrected chi connectivity index (χ2v) is 7.00. The lowest BCUT2D eigenvalue weighted by Gasteiger charge is -2.32. The van der Waals surface area contributed by atoms with E-state index in [0.717, 1.165) is 6.08 Å². The maximum absolute atomic E-state index is 14.1. The zero-order valence-electron chi connectivity index (χ0n) is 14.3. The third-order valence-corrected chi connectivity index (χ3v) is 3.78. The molecule has 132 valence electrons. The normalized spacial score (nSPS) is 17.3. The van der Waals surface area contributed by atoms with Crippen LogP contribution in [0, 0.1) is 5.92 Å². The van der Waals surface area contributed by atoms with Gasteiger partial charge in [0.25, 0.3) is 0 Å². The van der Waals surface area contributed by atoms with Crippen LogP contribution < -0.4 is 0 Å². The molecule has 0 aromatic carbocycles. The minimum atomic E-state index is -3.08. The summed E-state index contributed by atoms with van der Waals surface area (Å²) in [5.41, 5.74) is -0.786. The predicted octanol–water partition coefficient (Wildman–Crippen LogP) is 4.38. The molecule has 0 radical (unpaired) electrons. The molecule has 0 saturated carbocycles. The summed E-state index contributed by atoms with van der Waals surface area (Å²) in [5, 5.41) is 0. The molecule has 1 aromatic heterocycles. The van der Waals surface area contributed by atoms with Crippen molar-refractivity contribution in [2.45, 2.75) is 45.1 Å². The molecule has 0 atom stereocenters. The van der Waals surface area contributed by atoms with Crippen molar-refractivity contribution < 1.29 is 18.3 Å². The Kier molecular flexibility index (Phi) is 5.57. The Morgan fingerprint density at radius 1 is 1.29 bits per heavy atom. The number of halogens is 2. The summed E-state index contributed by atoms with van der Waals surface area (Å²) in [4.78, 5) is 17.3. The highest BCUT2D eigenvalue weighted by Crippen LogP contribution is 2.29. The van der Waals surface area contributed by atoms with Gasteiger partial charge in [0.2, 0.25) is 0 Å². The first-order valence-corrected chi connectivity index (χ1v) is 8.14. The number of piperidine rings is 1. The molecular formula is C18H24F2N2O2. The highest BCUT2D eigenvalue weighted by atomic mass is 19.3. The number of hydrogen-bond acceptors (Lipinski definition) is 3. The topological polar surface area (TPSA) is 42.4 Å². The standard InChI is InChI=1S/C18H24F2N2O2/c1-17(2,3)24-16(23)22-12-8-14(9-13-22)7-10-18(19,20)15-6-4-5-11-21-15/h4-7,10-11,14H,8-9,12-13H2,1-3H3/b10-7-. The lowest BCUT2D eigenvalue weighted by Crippen LogP contribution is -2.41. The molecule has 0 N–H and O–H groups in total. The van der Waals surface area contributed by atoms with E-state index in [1.165, 1.54) is 12.3 Å². The van der Waals surface area contributed by atoms with E-state index in [4.69, 9.17) is 4.74 Å². The van der Waals surface area contributed by atoms with Crippen molar-refractivity contribution in [1.29, 1.82) is 0 Å². The van der Waals surface area contributed by atoms with E-state index in [1.54, 1.807) is 23.1 Å². The van der Waals surface area contributed by atoms with E-state index in [1.807, 2.05) is 20.8 Å². The zero-order valence-corrected chi connectivity index (χ0v) is 14.3. The van der Waals surface area contributed by atoms with Crippen LogP contribution in [-0.4, -0.2) is 34.7 Å². The number of allylic oxidation sites excluding steroid dienone is 2. The second kappa shape index (κ2) is 7.28. The van der Waals surface area contributed by atoms with Crippen LogP contribution in [0.15, 0.2) is 36.5 Å². The summed E-state index contributed by atoms with van der Waals surface area (Å²) in [6.45, 7) is 6.48. The minimum absolute atomic E-state index is 0.0262. The van der Waals surface area contributed by atoms with Crippen molar-refractivity contribution in [1.82, 2.24) is 9.88 Å². The van der Waals surface area contributed by atoms with Gasteiger partial charge < -0.3 is 9.64 Å². The Hall–Kier alpha value is -1.98. The van der Waals surface area contributed by atoms with Gasteiger partial charge in [-0.15, -0.1) is 0 Å². The Morgan fingerprint density at radius 2 is 1.96 bits per heavy atom. The third kappa shape index (κ3) is 5.28. The van der Waals surface area contributed by atoms with Crippen LogP contribution in [0.5, 0.6) is 0 Å². The summed E-state index contributed by atoms with van der Waals surface area (Å²) in [6, 6.07) is 4.47. The van der Waals surface area contributed by atoms with Crippen LogP contribution >= 0.6 is 0 Å². The molecule has 1 saturated heterocycles. The number of nitrogens with zero attached hydrogens (tertiary/aromatic N) is 2. The summed E-state index contributed by atoms with van der Waals surface area (Å²) in [5.74, 6) is -3.05. The maximum atomic E-state index is 14.1. The fraction of sp³-hybridized carbons (Fsp3) is 0.556. The van der Waals surface area contributed by atoms with Crippen LogP contribution in [0.25, 0.3) is 0 Å². The molecule has 0 bridgehead atoms. The number of rotatable bonds is 3. The molecule has 2 rings (SSSR count). The highest BCUT2D eigenvalue weighted by molar-refractivity contribution is 5.68. The van der Waals surface area contributed by atoms with Crippen molar-refractivity contribution in [3.63, 3.8) is 0 Å². The van der Waals surface area contributed by atoms with Gasteiger partial charge in [-0.25, -0.2) is 4.79 Å². The number of carbonyl (C=O) groups excluding carboxylic acids is 1. The number of aromatic nitrogens is 1. The molecule has 6 heteroatoms. The zero-order chi connectivity index (χ0) is 17.8. The van der Waals surface area contributed by atoms with E-state index >= 15 is 0 Å². The van der Waals surface area contributed by atoms with Crippen LogP contribution in [-0.2, 0) is 10.7 Å². The van der Waals surface area contributed by atoms with E-state index in [-0.39, 0.29) is 17.7 Å². The first kappa shape index (κ1) is 18.4. The van der Waals surface area contributed by atoms with Crippen molar-refractivity contribution in [3.8, 4) is 0 Å². The number of ether oxygens (including phenoxy) is 1. The molecule has 1 fully saturated rings. The third-order valence-electron chi connectivity index (χ3n) is 3.78. The highest BCUT2D eigenvalue weighted by Gasteiger charge is 2.31. The van der Waals surface area contributed by atoms with E-state index in [2.05, 4.69) is 4.98 Å². The van der Waals surface area contributed by atoms with Crippen molar-refractivity contribution in [2.24, 2.45) is 5.92 Å². The molecule has 2 heterocycles. The largest absolute Gasteiger partial charge is 0.444 e. The smallest absolute Gasteiger partial charge is 0.410 e. The molecule has 1 aliphatic rings. The summed E-state index contributed by atoms with van der Waals surface area (Å²) in [6.07, 6.45) is 4.77. The van der Waals surface area contributed by atoms with Gasteiger partial charge in [0, 0.05) is 19.3 Å². The van der Waals surface area contributed by atoms with Crippen LogP contribution in [0.3, 0.4) is 0 Å². The number of amides is 1. The maximum Gasteiger partial charge on any atom is 0.410 e. The molecule has 1 aromatic rings. The van der Waals surface area contributed by atoms with Gasteiger partial charge in [-0.05, 0) is 57.7 Å². The van der Waals surface area contributed by atoms with Gasteiger partial charge in [-0.2, -0.15) is 8.78 Å². The molecule has 24 heavy (non-hydrogen) atoms. The fourth-order valence-electron chi connectivity index (χ4n) is 2.50. The molecule has 1 amide bonds. The average molecular weight is 338 g/mol. The second-order valence-electron chi connectivity index (χ2n) is 7.00. The molecule has 0 spiro atoms. The van der Waals surface area contributed by atoms with Crippen molar-refractivity contribution in [2.75, 3.05) is 13.1 Å². The van der Waals surface area contributed by atoms with Gasteiger partial charge in [-0.3, -0.25) is 4.98 Å². The predicted molar refractivity (Wildman–Crippen MR) is 87.8 cm³/mol. The number of likely N-dealkylation sites (tertiary alicyclic amines) is 1. The van der Waals surface area contributed by atoms with Crippen molar-refractivity contribution in [3.05, 3.63) is 42.2 Å². The molecule has 4 nitrogen and oxygen atoms in total. The minimum Gasteiger partial charge on any atom is -0.444 e. The SMILES string of the molecule is CC(C)(C)OC(=O)N1CCC(/C=C\C(F)(F)c2ccccn2)CC1. The molecule has 0 unspecified atom stereocenters. The Balaban J connectivity index is 1.88. The van der Waals surface area contributed by atoms with Crippen LogP contribution in [0.4, 0.5) is 13.6 Å². The van der Waals surface area contributed by atoms with Gasteiger partial charge in [0.05, 0.1) is 0 Å². The van der Waals surface area contributed by atoms with Crippen LogP contribution in [0.2, 0.25) is 0 Å². The summed E-state index contributed by atoms with van der Waals surface area (Å²) < 4.78 is 33.5. The summed E-state index contributed by atoms with van der Waals surface area (Å²) in [7, 11) is 0. The fourth-order valence-corrected chi connectivity index (χ4v) is 2.50. The Morgan fingerprint density at radius 3 is 2.50 bits per heavy atom. The van der Waals surface area contributed by atoms with E-state index < -0.39 is 11.5 Å². The number of carbonyl (C=O) groups is 1. The van der Waals surface area contributed by atoms with E-state index in [0.29, 0.717) is 25.9 Å². The van der Waals surface area contributed by atoms with Crippen molar-refractivity contribution >= 4 is 6.09 Å². The first-order chi connectivity index (χ1) is 11.2. The van der Waals surface area contributed by atoms with Gasteiger partial charge in [0.15, 0.2) is 0 Å². The Labute approximate surface area is 141 Å². The lowest BCUT2D eigenvalue weighted by atomic mass is 9.95. The molecule has 1 aliphatic heterocycles. The molecular weight excluding hydrogens is 314 g/mol. The number of hydrogen-bond donors (Lipinski definition) is 0. The Bertz CT molecular complexity index is 574. The van der Waals surface area contributed by atoms with E-state index in [9.17, 15) is 13.6 Å². The number of alkyl halides is 2. The van der Waals surface area contributed by atoms with Gasteiger partial charge in [-0.1, -0.05) is 12.1 Å². The summed E-state index contributed by atoms with van der Waals surface area (Å²) >= 11 is 0. The number of pyridine rings is 1. The quantitative estimate of drug-likeness (QED) is 0.768.